The van der Waals surface area contributed by atoms with Gasteiger partial charge in [0.05, 0.1) is 6.10 Å². The Kier molecular flexibility index (Phi) is 3.81. The molecule has 3 nitrogen and oxygen atoms in total. The van der Waals surface area contributed by atoms with E-state index < -0.39 is 0 Å². The monoisotopic (exact) mass is 240 g/mol. The molecule has 2 saturated carbocycles. The third-order valence-corrected chi connectivity index (χ3v) is 4.85. The van der Waals surface area contributed by atoms with Crippen LogP contribution in [0.1, 0.15) is 52.9 Å². The fourth-order valence-electron chi connectivity index (χ4n) is 3.30. The first-order valence-electron chi connectivity index (χ1n) is 7.12. The van der Waals surface area contributed by atoms with Crippen LogP contribution >= 0.6 is 0 Å². The lowest BCUT2D eigenvalue weighted by Crippen LogP contribution is -2.63. The highest BCUT2D eigenvalue weighted by molar-refractivity contribution is 5.04. The summed E-state index contributed by atoms with van der Waals surface area (Å²) in [6, 6.07) is 0.570. The van der Waals surface area contributed by atoms with Gasteiger partial charge in [-0.3, -0.25) is 0 Å². The van der Waals surface area contributed by atoms with Crippen molar-refractivity contribution in [3.05, 3.63) is 0 Å². The molecular formula is C14H28N2O. The summed E-state index contributed by atoms with van der Waals surface area (Å²) in [5.41, 5.74) is 6.69. The van der Waals surface area contributed by atoms with E-state index in [4.69, 9.17) is 10.5 Å². The van der Waals surface area contributed by atoms with E-state index in [2.05, 4.69) is 26.1 Å². The topological polar surface area (TPSA) is 47.3 Å². The van der Waals surface area contributed by atoms with E-state index in [0.29, 0.717) is 12.1 Å². The third-order valence-electron chi connectivity index (χ3n) is 4.85. The Hall–Kier alpha value is -0.120. The SMILES string of the molecule is CCOC1CC(NCC2(N)CCCC2)C1(C)C. The van der Waals surface area contributed by atoms with Gasteiger partial charge in [-0.2, -0.15) is 0 Å². The molecule has 0 aromatic heterocycles. The molecule has 3 heteroatoms. The smallest absolute Gasteiger partial charge is 0.0655 e. The first-order valence-corrected chi connectivity index (χ1v) is 7.12. The summed E-state index contributed by atoms with van der Waals surface area (Å²) in [5, 5.41) is 3.68. The van der Waals surface area contributed by atoms with E-state index >= 15 is 0 Å². The second-order valence-electron chi connectivity index (χ2n) is 6.50. The van der Waals surface area contributed by atoms with Gasteiger partial charge in [0.2, 0.25) is 0 Å². The Morgan fingerprint density at radius 2 is 1.94 bits per heavy atom. The molecule has 2 rings (SSSR count). The van der Waals surface area contributed by atoms with Crippen LogP contribution in [-0.4, -0.2) is 30.8 Å². The van der Waals surface area contributed by atoms with Gasteiger partial charge in [-0.15, -0.1) is 0 Å². The van der Waals surface area contributed by atoms with Crippen molar-refractivity contribution in [1.82, 2.24) is 5.32 Å². The maximum absolute atomic E-state index is 6.37. The molecule has 3 N–H and O–H groups in total. The highest BCUT2D eigenvalue weighted by Crippen LogP contribution is 2.43. The number of ether oxygens (including phenoxy) is 1. The maximum atomic E-state index is 6.37. The Labute approximate surface area is 105 Å². The van der Waals surface area contributed by atoms with Gasteiger partial charge in [-0.25, -0.2) is 0 Å². The van der Waals surface area contributed by atoms with Gasteiger partial charge < -0.3 is 15.8 Å². The Morgan fingerprint density at radius 1 is 1.29 bits per heavy atom. The maximum Gasteiger partial charge on any atom is 0.0655 e. The van der Waals surface area contributed by atoms with Crippen LogP contribution < -0.4 is 11.1 Å². The molecule has 0 aromatic rings. The van der Waals surface area contributed by atoms with Gasteiger partial charge in [0.15, 0.2) is 0 Å². The van der Waals surface area contributed by atoms with E-state index in [1.54, 1.807) is 0 Å². The molecular weight excluding hydrogens is 212 g/mol. The summed E-state index contributed by atoms with van der Waals surface area (Å²) in [4.78, 5) is 0. The van der Waals surface area contributed by atoms with Gasteiger partial charge in [-0.1, -0.05) is 26.7 Å². The van der Waals surface area contributed by atoms with Crippen LogP contribution in [-0.2, 0) is 4.74 Å². The first-order chi connectivity index (χ1) is 7.98. The Balaban J connectivity index is 1.78. The molecule has 2 aliphatic rings. The molecule has 0 bridgehead atoms. The van der Waals surface area contributed by atoms with Gasteiger partial charge in [-0.05, 0) is 26.2 Å². The highest BCUT2D eigenvalue weighted by Gasteiger charge is 2.49. The summed E-state index contributed by atoms with van der Waals surface area (Å²) in [6.45, 7) is 8.46. The van der Waals surface area contributed by atoms with Crippen LogP contribution in [0.2, 0.25) is 0 Å². The first kappa shape index (κ1) is 13.3. The molecule has 100 valence electrons. The van der Waals surface area contributed by atoms with Crippen molar-refractivity contribution in [2.45, 2.75) is 70.6 Å². The molecule has 2 unspecified atom stereocenters. The van der Waals surface area contributed by atoms with Crippen LogP contribution in [0.5, 0.6) is 0 Å². The lowest BCUT2D eigenvalue weighted by atomic mass is 9.64. The Morgan fingerprint density at radius 3 is 2.47 bits per heavy atom. The van der Waals surface area contributed by atoms with Crippen molar-refractivity contribution in [2.24, 2.45) is 11.1 Å². The van der Waals surface area contributed by atoms with Crippen molar-refractivity contribution in [2.75, 3.05) is 13.2 Å². The summed E-state index contributed by atoms with van der Waals surface area (Å²) < 4.78 is 5.75. The molecule has 2 aliphatic carbocycles. The van der Waals surface area contributed by atoms with Crippen molar-refractivity contribution < 1.29 is 4.74 Å². The van der Waals surface area contributed by atoms with Crippen LogP contribution in [0.15, 0.2) is 0 Å². The molecule has 0 aromatic carbocycles. The van der Waals surface area contributed by atoms with E-state index in [1.807, 2.05) is 0 Å². The molecule has 17 heavy (non-hydrogen) atoms. The van der Waals surface area contributed by atoms with Gasteiger partial charge in [0.25, 0.3) is 0 Å². The quantitative estimate of drug-likeness (QED) is 0.773. The molecule has 0 amide bonds. The number of nitrogens with two attached hydrogens (primary N) is 1. The Bertz CT molecular complexity index is 259. The predicted molar refractivity (Wildman–Crippen MR) is 71.0 cm³/mol. The highest BCUT2D eigenvalue weighted by atomic mass is 16.5. The fourth-order valence-corrected chi connectivity index (χ4v) is 3.30. The van der Waals surface area contributed by atoms with Crippen molar-refractivity contribution in [1.29, 1.82) is 0 Å². The molecule has 0 heterocycles. The average Bonchev–Trinajstić information content (AvgIpc) is 2.70. The third kappa shape index (κ3) is 2.67. The summed E-state index contributed by atoms with van der Waals surface area (Å²) in [5.74, 6) is 0. The van der Waals surface area contributed by atoms with Gasteiger partial charge >= 0.3 is 0 Å². The average molecular weight is 240 g/mol. The second-order valence-corrected chi connectivity index (χ2v) is 6.50. The van der Waals surface area contributed by atoms with Crippen LogP contribution in [0.3, 0.4) is 0 Å². The largest absolute Gasteiger partial charge is 0.378 e. The fraction of sp³-hybridized carbons (Fsp3) is 1.00. The summed E-state index contributed by atoms with van der Waals surface area (Å²) in [7, 11) is 0. The molecule has 2 atom stereocenters. The summed E-state index contributed by atoms with van der Waals surface area (Å²) >= 11 is 0. The minimum atomic E-state index is 0.0623. The predicted octanol–water partition coefficient (Wildman–Crippen LogP) is 2.05. The van der Waals surface area contributed by atoms with E-state index in [9.17, 15) is 0 Å². The van der Waals surface area contributed by atoms with Gasteiger partial charge in [0, 0.05) is 30.1 Å². The minimum Gasteiger partial charge on any atom is -0.378 e. The summed E-state index contributed by atoms with van der Waals surface area (Å²) in [6.07, 6.45) is 6.52. The number of hydrogen-bond acceptors (Lipinski definition) is 3. The molecule has 0 spiro atoms. The molecule has 2 fully saturated rings. The normalized spacial score (nSPS) is 34.6. The second kappa shape index (κ2) is 4.87. The number of hydrogen-bond donors (Lipinski definition) is 2. The van der Waals surface area contributed by atoms with Crippen molar-refractivity contribution in [3.63, 3.8) is 0 Å². The zero-order valence-corrected chi connectivity index (χ0v) is 11.6. The standard InChI is InChI=1S/C14H28N2O/c1-4-17-12-9-11(13(12,2)3)16-10-14(15)7-5-6-8-14/h11-12,16H,4-10,15H2,1-3H3. The van der Waals surface area contributed by atoms with Gasteiger partial charge in [0.1, 0.15) is 0 Å². The van der Waals surface area contributed by atoms with E-state index in [0.717, 1.165) is 19.6 Å². The van der Waals surface area contributed by atoms with Crippen molar-refractivity contribution >= 4 is 0 Å². The molecule has 0 aliphatic heterocycles. The van der Waals surface area contributed by atoms with Crippen LogP contribution in [0, 0.1) is 5.41 Å². The number of rotatable bonds is 5. The van der Waals surface area contributed by atoms with Crippen LogP contribution in [0.25, 0.3) is 0 Å². The van der Waals surface area contributed by atoms with E-state index in [1.165, 1.54) is 25.7 Å². The van der Waals surface area contributed by atoms with Crippen LogP contribution in [0.4, 0.5) is 0 Å². The molecule has 0 saturated heterocycles. The molecule has 0 radical (unpaired) electrons. The van der Waals surface area contributed by atoms with Crippen molar-refractivity contribution in [3.8, 4) is 0 Å². The zero-order valence-electron chi connectivity index (χ0n) is 11.6. The zero-order chi connectivity index (χ0) is 12.5. The van der Waals surface area contributed by atoms with E-state index in [-0.39, 0.29) is 11.0 Å². The number of nitrogens with one attached hydrogen (secondary N) is 1. The lowest BCUT2D eigenvalue weighted by molar-refractivity contribution is -0.114. The lowest BCUT2D eigenvalue weighted by Gasteiger charge is -2.52. The minimum absolute atomic E-state index is 0.0623.